The van der Waals surface area contributed by atoms with Gasteiger partial charge in [-0.05, 0) is 24.3 Å². The first-order valence-electron chi connectivity index (χ1n) is 7.87. The van der Waals surface area contributed by atoms with Crippen LogP contribution in [-0.4, -0.2) is 21.0 Å². The van der Waals surface area contributed by atoms with Crippen molar-refractivity contribution < 1.29 is 9.32 Å². The number of aromatic nitrogens is 3. The minimum Gasteiger partial charge on any atom is -0.340 e. The van der Waals surface area contributed by atoms with E-state index in [1.165, 1.54) is 23.1 Å². The van der Waals surface area contributed by atoms with Crippen LogP contribution in [0.1, 0.15) is 22.1 Å². The van der Waals surface area contributed by atoms with Crippen LogP contribution in [0.25, 0.3) is 10.2 Å². The van der Waals surface area contributed by atoms with Gasteiger partial charge in [0, 0.05) is 11.8 Å². The Labute approximate surface area is 157 Å². The van der Waals surface area contributed by atoms with Crippen molar-refractivity contribution in [2.45, 2.75) is 17.6 Å². The molecule has 0 aliphatic carbocycles. The molecule has 1 N–H and O–H groups in total. The van der Waals surface area contributed by atoms with Crippen molar-refractivity contribution >= 4 is 44.4 Å². The predicted molar refractivity (Wildman–Crippen MR) is 103 cm³/mol. The lowest BCUT2D eigenvalue weighted by molar-refractivity contribution is 0.102. The number of thioether (sulfide) groups is 1. The smallest absolute Gasteiger partial charge is 0.258 e. The van der Waals surface area contributed by atoms with Crippen molar-refractivity contribution in [1.29, 1.82) is 0 Å². The molecule has 1 amide bonds. The van der Waals surface area contributed by atoms with Gasteiger partial charge in [0.1, 0.15) is 0 Å². The van der Waals surface area contributed by atoms with Gasteiger partial charge in [0.2, 0.25) is 5.89 Å². The summed E-state index contributed by atoms with van der Waals surface area (Å²) in [5.74, 6) is 1.48. The second-order valence-electron chi connectivity index (χ2n) is 5.46. The van der Waals surface area contributed by atoms with Crippen molar-refractivity contribution in [3.05, 3.63) is 65.8 Å². The van der Waals surface area contributed by atoms with E-state index < -0.39 is 0 Å². The molecule has 0 saturated carbocycles. The van der Waals surface area contributed by atoms with E-state index in [4.69, 9.17) is 4.52 Å². The summed E-state index contributed by atoms with van der Waals surface area (Å²) in [4.78, 5) is 22.2. The highest BCUT2D eigenvalue weighted by Gasteiger charge is 2.14. The summed E-state index contributed by atoms with van der Waals surface area (Å²) in [6, 6.07) is 15.2. The van der Waals surface area contributed by atoms with Crippen LogP contribution >= 0.6 is 23.1 Å². The number of amides is 1. The van der Waals surface area contributed by atoms with Crippen LogP contribution in [0, 0.1) is 6.92 Å². The molecule has 0 unspecified atom stereocenters. The molecule has 0 bridgehead atoms. The van der Waals surface area contributed by atoms with E-state index in [0.29, 0.717) is 28.2 Å². The third kappa shape index (κ3) is 3.61. The van der Waals surface area contributed by atoms with Gasteiger partial charge in [0.15, 0.2) is 11.0 Å². The summed E-state index contributed by atoms with van der Waals surface area (Å²) in [7, 11) is 0. The number of hydrogen-bond donors (Lipinski definition) is 1. The summed E-state index contributed by atoms with van der Waals surface area (Å²) in [5.41, 5.74) is 1.47. The molecule has 130 valence electrons. The average Bonchev–Trinajstić information content (AvgIpc) is 3.25. The first-order valence-corrected chi connectivity index (χ1v) is 9.67. The second-order valence-corrected chi connectivity index (χ2v) is 7.50. The van der Waals surface area contributed by atoms with Gasteiger partial charge in [-0.25, -0.2) is 4.98 Å². The number of nitrogens with zero attached hydrogens (tertiary/aromatic N) is 3. The van der Waals surface area contributed by atoms with Crippen LogP contribution in [0.4, 0.5) is 5.13 Å². The summed E-state index contributed by atoms with van der Waals surface area (Å²) in [6.45, 7) is 1.75. The van der Waals surface area contributed by atoms with E-state index in [9.17, 15) is 4.79 Å². The molecular formula is C18H14N4O2S2. The number of fused-ring (bicyclic) bond motifs is 1. The van der Waals surface area contributed by atoms with Crippen molar-refractivity contribution in [2.75, 3.05) is 5.32 Å². The molecule has 2 aromatic heterocycles. The molecule has 0 fully saturated rings. The Morgan fingerprint density at radius 2 is 1.96 bits per heavy atom. The van der Waals surface area contributed by atoms with Crippen LogP contribution in [0.15, 0.2) is 57.9 Å². The van der Waals surface area contributed by atoms with Gasteiger partial charge in [-0.15, -0.1) is 11.8 Å². The van der Waals surface area contributed by atoms with E-state index in [0.717, 1.165) is 15.1 Å². The van der Waals surface area contributed by atoms with Gasteiger partial charge < -0.3 is 4.52 Å². The van der Waals surface area contributed by atoms with Crippen LogP contribution < -0.4 is 5.32 Å². The number of carbonyl (C=O) groups is 1. The van der Waals surface area contributed by atoms with E-state index >= 15 is 0 Å². The number of anilines is 1. The summed E-state index contributed by atoms with van der Waals surface area (Å²) in [5, 5.41) is 7.37. The van der Waals surface area contributed by atoms with Crippen LogP contribution in [-0.2, 0) is 5.75 Å². The molecule has 8 heteroatoms. The number of nitrogens with one attached hydrogen (secondary N) is 1. The van der Waals surface area contributed by atoms with Gasteiger partial charge in [0.25, 0.3) is 5.91 Å². The van der Waals surface area contributed by atoms with Crippen LogP contribution in [0.3, 0.4) is 0 Å². The number of carbonyl (C=O) groups excluding carboxylic acids is 1. The molecular weight excluding hydrogens is 368 g/mol. The van der Waals surface area contributed by atoms with Crippen LogP contribution in [0.2, 0.25) is 0 Å². The molecule has 4 rings (SSSR count). The zero-order valence-corrected chi connectivity index (χ0v) is 15.4. The molecule has 4 aromatic rings. The SMILES string of the molecule is Cc1nc(CSc2ccccc2C(=O)Nc2nc3ccccc3s2)no1. The largest absolute Gasteiger partial charge is 0.340 e. The van der Waals surface area contributed by atoms with E-state index in [1.54, 1.807) is 13.0 Å². The Morgan fingerprint density at radius 3 is 2.77 bits per heavy atom. The van der Waals surface area contributed by atoms with Crippen molar-refractivity contribution in [3.63, 3.8) is 0 Å². The lowest BCUT2D eigenvalue weighted by atomic mass is 10.2. The number of rotatable bonds is 5. The first-order chi connectivity index (χ1) is 12.7. The minimum absolute atomic E-state index is 0.184. The maximum Gasteiger partial charge on any atom is 0.258 e. The van der Waals surface area contributed by atoms with Gasteiger partial charge in [-0.3, -0.25) is 10.1 Å². The monoisotopic (exact) mass is 382 g/mol. The number of para-hydroxylation sites is 1. The number of hydrogen-bond acceptors (Lipinski definition) is 7. The van der Waals surface area contributed by atoms with Crippen molar-refractivity contribution in [3.8, 4) is 0 Å². The molecule has 2 aromatic carbocycles. The van der Waals surface area contributed by atoms with Gasteiger partial charge >= 0.3 is 0 Å². The molecule has 0 saturated heterocycles. The third-order valence-corrected chi connectivity index (χ3v) is 5.59. The highest BCUT2D eigenvalue weighted by atomic mass is 32.2. The Morgan fingerprint density at radius 1 is 1.15 bits per heavy atom. The van der Waals surface area contributed by atoms with Crippen molar-refractivity contribution in [2.24, 2.45) is 0 Å². The standard InChI is InChI=1S/C18H14N4O2S2/c1-11-19-16(22-24-11)10-25-14-8-4-2-6-12(14)17(23)21-18-20-13-7-3-5-9-15(13)26-18/h2-9H,10H2,1H3,(H,20,21,23). The fourth-order valence-corrected chi connectivity index (χ4v) is 4.17. The molecule has 0 spiro atoms. The molecule has 6 nitrogen and oxygen atoms in total. The maximum atomic E-state index is 12.7. The van der Waals surface area contributed by atoms with E-state index in [2.05, 4.69) is 20.4 Å². The number of aryl methyl sites for hydroxylation is 1. The highest BCUT2D eigenvalue weighted by Crippen LogP contribution is 2.28. The van der Waals surface area contributed by atoms with E-state index in [-0.39, 0.29) is 5.91 Å². The van der Waals surface area contributed by atoms with Crippen molar-refractivity contribution in [1.82, 2.24) is 15.1 Å². The topological polar surface area (TPSA) is 80.9 Å². The number of benzene rings is 2. The zero-order chi connectivity index (χ0) is 17.9. The number of thiazole rings is 1. The average molecular weight is 382 g/mol. The quantitative estimate of drug-likeness (QED) is 0.511. The molecule has 0 aliphatic rings. The summed E-state index contributed by atoms with van der Waals surface area (Å²) < 4.78 is 6.02. The van der Waals surface area contributed by atoms with Crippen LogP contribution in [0.5, 0.6) is 0 Å². The molecule has 0 aliphatic heterocycles. The second kappa shape index (κ2) is 7.27. The van der Waals surface area contributed by atoms with Gasteiger partial charge in [0.05, 0.1) is 21.5 Å². The third-order valence-electron chi connectivity index (χ3n) is 3.57. The Bertz CT molecular complexity index is 1040. The first kappa shape index (κ1) is 16.7. The predicted octanol–water partition coefficient (Wildman–Crippen LogP) is 4.53. The summed E-state index contributed by atoms with van der Waals surface area (Å²) in [6.07, 6.45) is 0. The molecule has 2 heterocycles. The van der Waals surface area contributed by atoms with Gasteiger partial charge in [-0.2, -0.15) is 4.98 Å². The van der Waals surface area contributed by atoms with E-state index in [1.807, 2.05) is 42.5 Å². The zero-order valence-electron chi connectivity index (χ0n) is 13.8. The fourth-order valence-electron chi connectivity index (χ4n) is 2.41. The Kier molecular flexibility index (Phi) is 4.68. The Balaban J connectivity index is 1.52. The molecule has 26 heavy (non-hydrogen) atoms. The van der Waals surface area contributed by atoms with Gasteiger partial charge in [-0.1, -0.05) is 40.8 Å². The highest BCUT2D eigenvalue weighted by molar-refractivity contribution is 7.98. The molecule has 0 atom stereocenters. The lowest BCUT2D eigenvalue weighted by Crippen LogP contribution is -2.12. The molecule has 0 radical (unpaired) electrons. The lowest BCUT2D eigenvalue weighted by Gasteiger charge is -2.07. The normalized spacial score (nSPS) is 11.0. The Hall–Kier alpha value is -2.71. The summed E-state index contributed by atoms with van der Waals surface area (Å²) >= 11 is 2.95. The maximum absolute atomic E-state index is 12.7. The fraction of sp³-hybridized carbons (Fsp3) is 0.111. The minimum atomic E-state index is -0.184.